The summed E-state index contributed by atoms with van der Waals surface area (Å²) in [6, 6.07) is 0.590. The molecule has 2 nitrogen and oxygen atoms in total. The second-order valence-electron chi connectivity index (χ2n) is 1.97. The Hall–Kier alpha value is -0.150. The lowest BCUT2D eigenvalue weighted by Crippen LogP contribution is -2.28. The minimum atomic E-state index is 0.590. The molecule has 0 saturated carbocycles. The molecule has 0 aromatic heterocycles. The molecule has 46 valence electrons. The molecule has 0 bridgehead atoms. The molecule has 1 rings (SSSR count). The van der Waals surface area contributed by atoms with Gasteiger partial charge in [0.2, 0.25) is 0 Å². The van der Waals surface area contributed by atoms with Gasteiger partial charge in [0.15, 0.2) is 0 Å². The highest BCUT2D eigenvalue weighted by Gasteiger charge is 2.10. The Kier molecular flexibility index (Phi) is 2.24. The zero-order chi connectivity index (χ0) is 5.82. The average Bonchev–Trinajstić information content (AvgIpc) is 2.19. The first-order chi connectivity index (χ1) is 3.93. The maximum absolute atomic E-state index is 4.62. The van der Waals surface area contributed by atoms with Crippen molar-refractivity contribution >= 4 is 17.7 Å². The van der Waals surface area contributed by atoms with Crippen LogP contribution >= 0.6 is 12.2 Å². The van der Waals surface area contributed by atoms with Gasteiger partial charge in [-0.15, -0.1) is 0 Å². The summed E-state index contributed by atoms with van der Waals surface area (Å²) in [5.74, 6) is 0. The zero-order valence-electron chi connectivity index (χ0n) is 4.68. The molecule has 8 heavy (non-hydrogen) atoms. The smallest absolute Gasteiger partial charge is 0.0617 e. The van der Waals surface area contributed by atoms with Crippen molar-refractivity contribution in [1.82, 2.24) is 10.6 Å². The molecule has 1 aliphatic rings. The molecular formula is C5H10N2S. The number of hydrogen-bond donors (Lipinski definition) is 2. The molecule has 1 aliphatic heterocycles. The van der Waals surface area contributed by atoms with Crippen LogP contribution in [0, 0.1) is 0 Å². The molecule has 3 heteroatoms. The summed E-state index contributed by atoms with van der Waals surface area (Å²) < 4.78 is 0. The highest BCUT2D eigenvalue weighted by Crippen LogP contribution is 1.94. The van der Waals surface area contributed by atoms with Gasteiger partial charge in [0, 0.05) is 12.6 Å². The summed E-state index contributed by atoms with van der Waals surface area (Å²) in [5, 5.41) is 6.30. The molecule has 0 radical (unpaired) electrons. The van der Waals surface area contributed by atoms with Gasteiger partial charge in [0.05, 0.1) is 5.49 Å². The van der Waals surface area contributed by atoms with Crippen LogP contribution in [-0.4, -0.2) is 24.6 Å². The van der Waals surface area contributed by atoms with Crippen LogP contribution in [0.1, 0.15) is 6.42 Å². The quantitative estimate of drug-likeness (QED) is 0.510. The van der Waals surface area contributed by atoms with E-state index in [0.29, 0.717) is 6.04 Å². The Morgan fingerprint density at radius 1 is 1.75 bits per heavy atom. The molecule has 1 heterocycles. The van der Waals surface area contributed by atoms with Crippen LogP contribution in [0.5, 0.6) is 0 Å². The normalized spacial score (nSPS) is 27.8. The molecule has 1 atom stereocenters. The molecule has 2 N–H and O–H groups in total. The van der Waals surface area contributed by atoms with Gasteiger partial charge in [0.1, 0.15) is 0 Å². The molecule has 0 aromatic carbocycles. The largest absolute Gasteiger partial charge is 0.378 e. The van der Waals surface area contributed by atoms with Crippen molar-refractivity contribution in [3.8, 4) is 0 Å². The van der Waals surface area contributed by atoms with Gasteiger partial charge >= 0.3 is 0 Å². The molecule has 0 amide bonds. The molecule has 1 fully saturated rings. The number of rotatable bonds is 2. The third kappa shape index (κ3) is 1.42. The third-order valence-electron chi connectivity index (χ3n) is 1.36. The maximum Gasteiger partial charge on any atom is 0.0617 e. The van der Waals surface area contributed by atoms with Gasteiger partial charge in [-0.25, -0.2) is 0 Å². The van der Waals surface area contributed by atoms with Crippen LogP contribution in [0.3, 0.4) is 0 Å². The zero-order valence-corrected chi connectivity index (χ0v) is 5.50. The highest BCUT2D eigenvalue weighted by atomic mass is 32.1. The van der Waals surface area contributed by atoms with E-state index in [-0.39, 0.29) is 0 Å². The highest BCUT2D eigenvalue weighted by molar-refractivity contribution is 7.78. The van der Waals surface area contributed by atoms with Crippen LogP contribution in [-0.2, 0) is 0 Å². The van der Waals surface area contributed by atoms with Crippen LogP contribution < -0.4 is 10.6 Å². The second kappa shape index (κ2) is 2.99. The molecule has 0 aromatic rings. The van der Waals surface area contributed by atoms with Crippen LogP contribution in [0.2, 0.25) is 0 Å². The van der Waals surface area contributed by atoms with Gasteiger partial charge in [-0.1, -0.05) is 12.2 Å². The lowest BCUT2D eigenvalue weighted by molar-refractivity contribution is 0.675. The lowest BCUT2D eigenvalue weighted by atomic mass is 10.3. The first-order valence-electron chi connectivity index (χ1n) is 2.84. The van der Waals surface area contributed by atoms with Crippen molar-refractivity contribution in [1.29, 1.82) is 0 Å². The first-order valence-corrected chi connectivity index (χ1v) is 3.31. The van der Waals surface area contributed by atoms with Gasteiger partial charge in [0.25, 0.3) is 0 Å². The Labute approximate surface area is 54.7 Å². The van der Waals surface area contributed by atoms with Gasteiger partial charge in [-0.05, 0) is 13.0 Å². The van der Waals surface area contributed by atoms with E-state index in [1.54, 1.807) is 5.49 Å². The summed E-state index contributed by atoms with van der Waals surface area (Å²) in [6.45, 7) is 2.19. The number of hydrogen-bond acceptors (Lipinski definition) is 2. The number of thiocarbonyl (C=S) groups is 1. The van der Waals surface area contributed by atoms with Crippen molar-refractivity contribution in [3.05, 3.63) is 0 Å². The van der Waals surface area contributed by atoms with E-state index >= 15 is 0 Å². The fourth-order valence-corrected chi connectivity index (χ4v) is 1.09. The molecule has 1 saturated heterocycles. The SMILES string of the molecule is S=CNC1CCNC1. The van der Waals surface area contributed by atoms with E-state index in [9.17, 15) is 0 Å². The minimum Gasteiger partial charge on any atom is -0.378 e. The van der Waals surface area contributed by atoms with E-state index in [0.717, 1.165) is 13.1 Å². The summed E-state index contributed by atoms with van der Waals surface area (Å²) in [7, 11) is 0. The monoisotopic (exact) mass is 130 g/mol. The van der Waals surface area contributed by atoms with Crippen molar-refractivity contribution in [2.24, 2.45) is 0 Å². The summed E-state index contributed by atoms with van der Waals surface area (Å²) in [5.41, 5.74) is 1.59. The van der Waals surface area contributed by atoms with Crippen LogP contribution in [0.15, 0.2) is 0 Å². The van der Waals surface area contributed by atoms with E-state index < -0.39 is 0 Å². The predicted molar refractivity (Wildman–Crippen MR) is 38.1 cm³/mol. The molecule has 0 aliphatic carbocycles. The summed E-state index contributed by atoms with van der Waals surface area (Å²) in [6.07, 6.45) is 1.20. The van der Waals surface area contributed by atoms with Gasteiger partial charge in [-0.3, -0.25) is 0 Å². The van der Waals surface area contributed by atoms with Crippen molar-refractivity contribution in [3.63, 3.8) is 0 Å². The molecule has 1 unspecified atom stereocenters. The van der Waals surface area contributed by atoms with E-state index in [1.807, 2.05) is 0 Å². The first kappa shape index (κ1) is 5.98. The molecular weight excluding hydrogens is 120 g/mol. The Morgan fingerprint density at radius 2 is 2.62 bits per heavy atom. The third-order valence-corrected chi connectivity index (χ3v) is 1.50. The average molecular weight is 130 g/mol. The topological polar surface area (TPSA) is 24.1 Å². The maximum atomic E-state index is 4.62. The van der Waals surface area contributed by atoms with Gasteiger partial charge in [-0.2, -0.15) is 0 Å². The van der Waals surface area contributed by atoms with E-state index in [1.165, 1.54) is 6.42 Å². The standard InChI is InChI=1S/C5H10N2S/c8-4-7-5-1-2-6-3-5/h4-6H,1-3H2,(H,7,8). The predicted octanol–water partition coefficient (Wildman–Crippen LogP) is -0.105. The number of nitrogens with one attached hydrogen (secondary N) is 2. The summed E-state index contributed by atoms with van der Waals surface area (Å²) >= 11 is 4.62. The fraction of sp³-hybridized carbons (Fsp3) is 0.800. The Bertz CT molecular complexity index is 78.5. The molecule has 0 spiro atoms. The lowest BCUT2D eigenvalue weighted by Gasteiger charge is -2.04. The Balaban J connectivity index is 2.14. The van der Waals surface area contributed by atoms with Crippen molar-refractivity contribution < 1.29 is 0 Å². The van der Waals surface area contributed by atoms with E-state index in [2.05, 4.69) is 22.9 Å². The second-order valence-corrected chi connectivity index (χ2v) is 2.21. The summed E-state index contributed by atoms with van der Waals surface area (Å²) in [4.78, 5) is 0. The van der Waals surface area contributed by atoms with Crippen molar-refractivity contribution in [2.45, 2.75) is 12.5 Å². The van der Waals surface area contributed by atoms with Gasteiger partial charge < -0.3 is 10.6 Å². The van der Waals surface area contributed by atoms with Crippen LogP contribution in [0.4, 0.5) is 0 Å². The fourth-order valence-electron chi connectivity index (χ4n) is 0.893. The van der Waals surface area contributed by atoms with E-state index in [4.69, 9.17) is 0 Å². The van der Waals surface area contributed by atoms with Crippen LogP contribution in [0.25, 0.3) is 0 Å². The Morgan fingerprint density at radius 3 is 3.12 bits per heavy atom. The minimum absolute atomic E-state index is 0.590. The van der Waals surface area contributed by atoms with Crippen molar-refractivity contribution in [2.75, 3.05) is 13.1 Å².